The second-order valence-corrected chi connectivity index (χ2v) is 3.48. The lowest BCUT2D eigenvalue weighted by atomic mass is 10.0. The Hall–Kier alpha value is -0.730. The van der Waals surface area contributed by atoms with Gasteiger partial charge >= 0.3 is 0 Å². The normalized spacial score (nSPS) is 11.8. The molecule has 0 bridgehead atoms. The van der Waals surface area contributed by atoms with Gasteiger partial charge < -0.3 is 10.5 Å². The van der Waals surface area contributed by atoms with E-state index in [-0.39, 0.29) is 18.4 Å². The van der Waals surface area contributed by atoms with Crippen LogP contribution in [0.3, 0.4) is 0 Å². The molecule has 2 N–H and O–H groups in total. The maximum absolute atomic E-state index is 5.80. The van der Waals surface area contributed by atoms with Crippen LogP contribution in [0.1, 0.15) is 29.7 Å². The minimum Gasteiger partial charge on any atom is -0.496 e. The molecule has 3 heteroatoms. The highest BCUT2D eigenvalue weighted by Gasteiger charge is 2.07. The molecule has 0 amide bonds. The molecule has 0 radical (unpaired) electrons. The van der Waals surface area contributed by atoms with Gasteiger partial charge in [0, 0.05) is 6.04 Å². The van der Waals surface area contributed by atoms with E-state index >= 15 is 0 Å². The third-order valence-corrected chi connectivity index (χ3v) is 2.21. The molecular formula is C11H18ClNO. The molecule has 0 saturated heterocycles. The Bertz CT molecular complexity index is 287. The van der Waals surface area contributed by atoms with E-state index in [2.05, 4.69) is 12.1 Å². The smallest absolute Gasteiger partial charge is 0.124 e. The van der Waals surface area contributed by atoms with E-state index < -0.39 is 0 Å². The van der Waals surface area contributed by atoms with Crippen molar-refractivity contribution < 1.29 is 4.74 Å². The number of hydrogen-bond acceptors (Lipinski definition) is 2. The summed E-state index contributed by atoms with van der Waals surface area (Å²) in [5, 5.41) is 0. The quantitative estimate of drug-likeness (QED) is 0.824. The number of methoxy groups -OCH3 is 1. The number of aryl methyl sites for hydroxylation is 2. The van der Waals surface area contributed by atoms with Gasteiger partial charge in [0.05, 0.1) is 7.11 Å². The first-order valence-electron chi connectivity index (χ1n) is 4.47. The van der Waals surface area contributed by atoms with Gasteiger partial charge in [-0.1, -0.05) is 12.1 Å². The molecule has 0 aliphatic heterocycles. The van der Waals surface area contributed by atoms with Gasteiger partial charge in [-0.2, -0.15) is 0 Å². The van der Waals surface area contributed by atoms with Crippen molar-refractivity contribution in [2.75, 3.05) is 7.11 Å². The fourth-order valence-electron chi connectivity index (χ4n) is 1.57. The van der Waals surface area contributed by atoms with E-state index in [1.165, 1.54) is 0 Å². The van der Waals surface area contributed by atoms with Crippen LogP contribution >= 0.6 is 12.4 Å². The average molecular weight is 216 g/mol. The van der Waals surface area contributed by atoms with Crippen molar-refractivity contribution in [2.24, 2.45) is 5.73 Å². The van der Waals surface area contributed by atoms with Crippen LogP contribution in [0.5, 0.6) is 5.75 Å². The summed E-state index contributed by atoms with van der Waals surface area (Å²) in [6.07, 6.45) is 0. The minimum atomic E-state index is 0. The first-order valence-corrected chi connectivity index (χ1v) is 4.47. The van der Waals surface area contributed by atoms with Crippen molar-refractivity contribution in [3.63, 3.8) is 0 Å². The lowest BCUT2D eigenvalue weighted by Gasteiger charge is -2.13. The van der Waals surface area contributed by atoms with Gasteiger partial charge in [-0.25, -0.2) is 0 Å². The molecule has 1 aromatic carbocycles. The van der Waals surface area contributed by atoms with Crippen molar-refractivity contribution in [1.82, 2.24) is 0 Å². The van der Waals surface area contributed by atoms with Crippen LogP contribution in [0.4, 0.5) is 0 Å². The van der Waals surface area contributed by atoms with Crippen LogP contribution in [0.15, 0.2) is 12.1 Å². The number of nitrogens with two attached hydrogens (primary N) is 1. The summed E-state index contributed by atoms with van der Waals surface area (Å²) >= 11 is 0. The highest BCUT2D eigenvalue weighted by molar-refractivity contribution is 5.85. The second-order valence-electron chi connectivity index (χ2n) is 3.48. The molecule has 14 heavy (non-hydrogen) atoms. The van der Waals surface area contributed by atoms with E-state index in [4.69, 9.17) is 10.5 Å². The first kappa shape index (κ1) is 13.3. The van der Waals surface area contributed by atoms with Crippen LogP contribution in [0.25, 0.3) is 0 Å². The van der Waals surface area contributed by atoms with Crippen LogP contribution in [0.2, 0.25) is 0 Å². The fraction of sp³-hybridized carbons (Fsp3) is 0.455. The predicted molar refractivity (Wildman–Crippen MR) is 62.3 cm³/mol. The molecule has 0 heterocycles. The van der Waals surface area contributed by atoms with Gasteiger partial charge in [0.2, 0.25) is 0 Å². The SMILES string of the molecule is COc1c(C)cc([C@@H](C)N)cc1C.Cl. The van der Waals surface area contributed by atoms with Gasteiger partial charge in [0.1, 0.15) is 5.75 Å². The molecule has 2 nitrogen and oxygen atoms in total. The molecule has 0 unspecified atom stereocenters. The third kappa shape index (κ3) is 2.63. The Morgan fingerprint density at radius 1 is 1.21 bits per heavy atom. The molecular weight excluding hydrogens is 198 g/mol. The number of halogens is 1. The Balaban J connectivity index is 0.00000169. The molecule has 0 fully saturated rings. The molecule has 0 aliphatic rings. The summed E-state index contributed by atoms with van der Waals surface area (Å²) in [7, 11) is 1.70. The lowest BCUT2D eigenvalue weighted by Crippen LogP contribution is -2.06. The topological polar surface area (TPSA) is 35.2 Å². The second kappa shape index (κ2) is 5.23. The molecule has 80 valence electrons. The summed E-state index contributed by atoms with van der Waals surface area (Å²) in [5.74, 6) is 0.962. The van der Waals surface area contributed by atoms with Crippen molar-refractivity contribution in [1.29, 1.82) is 0 Å². The maximum Gasteiger partial charge on any atom is 0.124 e. The summed E-state index contributed by atoms with van der Waals surface area (Å²) in [6, 6.07) is 4.25. The van der Waals surface area contributed by atoms with Crippen molar-refractivity contribution in [3.05, 3.63) is 28.8 Å². The molecule has 1 atom stereocenters. The van der Waals surface area contributed by atoms with Gasteiger partial charge in [0.25, 0.3) is 0 Å². The van der Waals surface area contributed by atoms with E-state index in [1.54, 1.807) is 7.11 Å². The van der Waals surface area contributed by atoms with Gasteiger partial charge in [-0.3, -0.25) is 0 Å². The number of benzene rings is 1. The number of ether oxygens (including phenoxy) is 1. The Labute approximate surface area is 91.9 Å². The maximum atomic E-state index is 5.80. The third-order valence-electron chi connectivity index (χ3n) is 2.21. The van der Waals surface area contributed by atoms with Gasteiger partial charge in [-0.15, -0.1) is 12.4 Å². The fourth-order valence-corrected chi connectivity index (χ4v) is 1.57. The Morgan fingerprint density at radius 2 is 1.64 bits per heavy atom. The summed E-state index contributed by atoms with van der Waals surface area (Å²) < 4.78 is 5.27. The molecule has 0 aromatic heterocycles. The number of rotatable bonds is 2. The highest BCUT2D eigenvalue weighted by Crippen LogP contribution is 2.26. The Kier molecular flexibility index (Phi) is 4.95. The zero-order valence-corrected chi connectivity index (χ0v) is 9.94. The van der Waals surface area contributed by atoms with E-state index in [9.17, 15) is 0 Å². The standard InChI is InChI=1S/C11H17NO.ClH/c1-7-5-10(9(3)12)6-8(2)11(7)13-4;/h5-6,9H,12H2,1-4H3;1H/t9-;/m1./s1. The highest BCUT2D eigenvalue weighted by atomic mass is 35.5. The lowest BCUT2D eigenvalue weighted by molar-refractivity contribution is 0.408. The van der Waals surface area contributed by atoms with Crippen molar-refractivity contribution >= 4 is 12.4 Å². The first-order chi connectivity index (χ1) is 6.06. The van der Waals surface area contributed by atoms with Crippen LogP contribution in [-0.2, 0) is 0 Å². The van der Waals surface area contributed by atoms with Crippen LogP contribution in [0, 0.1) is 13.8 Å². The summed E-state index contributed by atoms with van der Waals surface area (Å²) in [4.78, 5) is 0. The van der Waals surface area contributed by atoms with E-state index in [0.29, 0.717) is 0 Å². The monoisotopic (exact) mass is 215 g/mol. The number of hydrogen-bond donors (Lipinski definition) is 1. The van der Waals surface area contributed by atoms with E-state index in [0.717, 1.165) is 22.4 Å². The predicted octanol–water partition coefficient (Wildman–Crippen LogP) is 2.75. The summed E-state index contributed by atoms with van der Waals surface area (Å²) in [6.45, 7) is 6.07. The van der Waals surface area contributed by atoms with E-state index in [1.807, 2.05) is 20.8 Å². The zero-order chi connectivity index (χ0) is 10.0. The zero-order valence-electron chi connectivity index (χ0n) is 9.13. The average Bonchev–Trinajstić information content (AvgIpc) is 2.03. The minimum absolute atomic E-state index is 0. The molecule has 1 aromatic rings. The van der Waals surface area contributed by atoms with Crippen LogP contribution < -0.4 is 10.5 Å². The van der Waals surface area contributed by atoms with Crippen molar-refractivity contribution in [3.8, 4) is 5.75 Å². The van der Waals surface area contributed by atoms with Crippen LogP contribution in [-0.4, -0.2) is 7.11 Å². The van der Waals surface area contributed by atoms with Crippen molar-refractivity contribution in [2.45, 2.75) is 26.8 Å². The summed E-state index contributed by atoms with van der Waals surface area (Å²) in [5.41, 5.74) is 9.26. The molecule has 0 aliphatic carbocycles. The molecule has 0 saturated carbocycles. The van der Waals surface area contributed by atoms with Gasteiger partial charge in [0.15, 0.2) is 0 Å². The molecule has 0 spiro atoms. The Morgan fingerprint density at radius 3 is 1.93 bits per heavy atom. The van der Waals surface area contributed by atoms with Gasteiger partial charge in [-0.05, 0) is 37.5 Å². The largest absolute Gasteiger partial charge is 0.496 e. The molecule has 1 rings (SSSR count).